The molecule has 1 aromatic rings. The van der Waals surface area contributed by atoms with Gasteiger partial charge in [-0.05, 0) is 32.8 Å². The fraction of sp³-hybridized carbons (Fsp3) is 0.625. The van der Waals surface area contributed by atoms with Gasteiger partial charge in [0.05, 0.1) is 12.2 Å². The summed E-state index contributed by atoms with van der Waals surface area (Å²) in [4.78, 5) is 24.1. The van der Waals surface area contributed by atoms with Gasteiger partial charge in [-0.2, -0.15) is 0 Å². The molecule has 0 saturated heterocycles. The first-order chi connectivity index (χ1) is 9.52. The Bertz CT molecular complexity index is 517. The van der Waals surface area contributed by atoms with Gasteiger partial charge in [0.25, 0.3) is 5.56 Å². The number of carbonyl (C=O) groups is 1. The molecular formula is C16H25NO3. The molecule has 112 valence electrons. The van der Waals surface area contributed by atoms with Crippen LogP contribution in [0.2, 0.25) is 0 Å². The normalized spacial score (nSPS) is 10.6. The maximum absolute atomic E-state index is 12.1. The average Bonchev–Trinajstić information content (AvgIpc) is 2.37. The van der Waals surface area contributed by atoms with Crippen molar-refractivity contribution in [1.82, 2.24) is 4.57 Å². The maximum Gasteiger partial charge on any atom is 0.340 e. The summed E-state index contributed by atoms with van der Waals surface area (Å²) < 4.78 is 6.76. The molecule has 0 aromatic carbocycles. The van der Waals surface area contributed by atoms with Gasteiger partial charge in [0, 0.05) is 18.3 Å². The first kappa shape index (κ1) is 16.5. The Labute approximate surface area is 120 Å². The molecule has 1 rings (SSSR count). The molecule has 0 amide bonds. The van der Waals surface area contributed by atoms with Gasteiger partial charge in [-0.15, -0.1) is 0 Å². The van der Waals surface area contributed by atoms with Crippen LogP contribution in [0.25, 0.3) is 0 Å². The Morgan fingerprint density at radius 3 is 2.50 bits per heavy atom. The molecule has 20 heavy (non-hydrogen) atoms. The first-order valence-corrected chi connectivity index (χ1v) is 7.41. The number of carbonyl (C=O) groups excluding carboxylic acids is 1. The summed E-state index contributed by atoms with van der Waals surface area (Å²) in [6.07, 6.45) is 4.39. The molecule has 0 aliphatic rings. The highest BCUT2D eigenvalue weighted by Crippen LogP contribution is 2.14. The Balaban J connectivity index is 3.03. The molecule has 0 saturated carbocycles. The van der Waals surface area contributed by atoms with Crippen molar-refractivity contribution >= 4 is 5.97 Å². The number of hydrogen-bond donors (Lipinski definition) is 0. The van der Waals surface area contributed by atoms with Gasteiger partial charge in [-0.25, -0.2) is 4.79 Å². The lowest BCUT2D eigenvalue weighted by Crippen LogP contribution is -2.26. The number of nitrogens with zero attached hydrogens (tertiary/aromatic N) is 1. The van der Waals surface area contributed by atoms with Crippen LogP contribution in [0, 0.1) is 13.8 Å². The SMILES string of the molecule is CCCCCCn1c(C)c(C(=O)OCC)c(C)cc1=O. The molecule has 4 nitrogen and oxygen atoms in total. The smallest absolute Gasteiger partial charge is 0.340 e. The Morgan fingerprint density at radius 1 is 1.20 bits per heavy atom. The summed E-state index contributed by atoms with van der Waals surface area (Å²) in [7, 11) is 0. The van der Waals surface area contributed by atoms with Crippen LogP contribution in [0.3, 0.4) is 0 Å². The van der Waals surface area contributed by atoms with Crippen LogP contribution >= 0.6 is 0 Å². The van der Waals surface area contributed by atoms with Crippen LogP contribution in [0.15, 0.2) is 10.9 Å². The van der Waals surface area contributed by atoms with E-state index in [9.17, 15) is 9.59 Å². The molecule has 4 heteroatoms. The summed E-state index contributed by atoms with van der Waals surface area (Å²) in [6.45, 7) is 8.54. The highest BCUT2D eigenvalue weighted by molar-refractivity contribution is 5.92. The molecule has 1 heterocycles. The molecular weight excluding hydrogens is 254 g/mol. The van der Waals surface area contributed by atoms with E-state index >= 15 is 0 Å². The fourth-order valence-corrected chi connectivity index (χ4v) is 2.41. The second-order valence-corrected chi connectivity index (χ2v) is 5.06. The average molecular weight is 279 g/mol. The Hall–Kier alpha value is -1.58. The van der Waals surface area contributed by atoms with Gasteiger partial charge in [0.1, 0.15) is 0 Å². The van der Waals surface area contributed by atoms with E-state index in [1.165, 1.54) is 12.5 Å². The van der Waals surface area contributed by atoms with Crippen molar-refractivity contribution in [2.45, 2.75) is 59.9 Å². The largest absolute Gasteiger partial charge is 0.462 e. The third-order valence-electron chi connectivity index (χ3n) is 3.48. The lowest BCUT2D eigenvalue weighted by molar-refractivity contribution is 0.0523. The number of pyridine rings is 1. The van der Waals surface area contributed by atoms with Crippen LogP contribution in [-0.2, 0) is 11.3 Å². The summed E-state index contributed by atoms with van der Waals surface area (Å²) >= 11 is 0. The van der Waals surface area contributed by atoms with Crippen LogP contribution in [-0.4, -0.2) is 17.1 Å². The lowest BCUT2D eigenvalue weighted by Gasteiger charge is -2.15. The molecule has 0 atom stereocenters. The number of ether oxygens (including phenoxy) is 1. The molecule has 0 aliphatic heterocycles. The summed E-state index contributed by atoms with van der Waals surface area (Å²) in [6, 6.07) is 1.53. The molecule has 0 spiro atoms. The zero-order chi connectivity index (χ0) is 15.1. The van der Waals surface area contributed by atoms with E-state index in [1.807, 2.05) is 6.92 Å². The third-order valence-corrected chi connectivity index (χ3v) is 3.48. The van der Waals surface area contributed by atoms with Crippen molar-refractivity contribution < 1.29 is 9.53 Å². The molecule has 0 bridgehead atoms. The van der Waals surface area contributed by atoms with Gasteiger partial charge < -0.3 is 9.30 Å². The highest BCUT2D eigenvalue weighted by atomic mass is 16.5. The van der Waals surface area contributed by atoms with Crippen molar-refractivity contribution in [3.05, 3.63) is 33.2 Å². The van der Waals surface area contributed by atoms with E-state index in [1.54, 1.807) is 18.4 Å². The standard InChI is InChI=1S/C16H25NO3/c1-5-7-8-9-10-17-13(4)15(16(19)20-6-2)12(3)11-14(17)18/h11H,5-10H2,1-4H3. The monoisotopic (exact) mass is 279 g/mol. The minimum atomic E-state index is -0.343. The molecule has 0 fully saturated rings. The van der Waals surface area contributed by atoms with E-state index in [0.717, 1.165) is 19.3 Å². The van der Waals surface area contributed by atoms with Crippen molar-refractivity contribution in [2.24, 2.45) is 0 Å². The predicted octanol–water partition coefficient (Wildman–Crippen LogP) is 3.22. The van der Waals surface area contributed by atoms with Crippen molar-refractivity contribution in [1.29, 1.82) is 0 Å². The van der Waals surface area contributed by atoms with Gasteiger partial charge in [-0.1, -0.05) is 26.2 Å². The quantitative estimate of drug-likeness (QED) is 0.569. The number of hydrogen-bond acceptors (Lipinski definition) is 3. The van der Waals surface area contributed by atoms with Gasteiger partial charge in [0.2, 0.25) is 0 Å². The zero-order valence-corrected chi connectivity index (χ0v) is 13.0. The number of unbranched alkanes of at least 4 members (excludes halogenated alkanes) is 3. The zero-order valence-electron chi connectivity index (χ0n) is 13.0. The third kappa shape index (κ3) is 3.95. The molecule has 1 aromatic heterocycles. The summed E-state index contributed by atoms with van der Waals surface area (Å²) in [5, 5.41) is 0. The number of esters is 1. The number of aryl methyl sites for hydroxylation is 1. The van der Waals surface area contributed by atoms with Crippen LogP contribution in [0.4, 0.5) is 0 Å². The number of rotatable bonds is 7. The van der Waals surface area contributed by atoms with E-state index in [-0.39, 0.29) is 11.5 Å². The maximum atomic E-state index is 12.1. The lowest BCUT2D eigenvalue weighted by atomic mass is 10.1. The highest BCUT2D eigenvalue weighted by Gasteiger charge is 2.17. The van der Waals surface area contributed by atoms with E-state index in [2.05, 4.69) is 6.92 Å². The second-order valence-electron chi connectivity index (χ2n) is 5.06. The van der Waals surface area contributed by atoms with Crippen LogP contribution < -0.4 is 5.56 Å². The van der Waals surface area contributed by atoms with E-state index < -0.39 is 0 Å². The van der Waals surface area contributed by atoms with Crippen LogP contribution in [0.5, 0.6) is 0 Å². The minimum absolute atomic E-state index is 0.0375. The molecule has 0 radical (unpaired) electrons. The molecule has 0 N–H and O–H groups in total. The second kappa shape index (κ2) is 7.88. The van der Waals surface area contributed by atoms with Gasteiger partial charge >= 0.3 is 5.97 Å². The summed E-state index contributed by atoms with van der Waals surface area (Å²) in [5.74, 6) is -0.343. The Kier molecular flexibility index (Phi) is 6.49. The van der Waals surface area contributed by atoms with E-state index in [0.29, 0.717) is 30.0 Å². The molecule has 0 unspecified atom stereocenters. The molecule has 0 aliphatic carbocycles. The van der Waals surface area contributed by atoms with Gasteiger partial charge in [0.15, 0.2) is 0 Å². The summed E-state index contributed by atoms with van der Waals surface area (Å²) in [5.41, 5.74) is 1.90. The topological polar surface area (TPSA) is 48.3 Å². The van der Waals surface area contributed by atoms with Gasteiger partial charge in [-0.3, -0.25) is 4.79 Å². The fourth-order valence-electron chi connectivity index (χ4n) is 2.41. The van der Waals surface area contributed by atoms with Crippen molar-refractivity contribution in [2.75, 3.05) is 6.61 Å². The van der Waals surface area contributed by atoms with Crippen LogP contribution in [0.1, 0.15) is 61.1 Å². The Morgan fingerprint density at radius 2 is 1.90 bits per heavy atom. The van der Waals surface area contributed by atoms with E-state index in [4.69, 9.17) is 4.74 Å². The first-order valence-electron chi connectivity index (χ1n) is 7.41. The predicted molar refractivity (Wildman–Crippen MR) is 80.3 cm³/mol. The minimum Gasteiger partial charge on any atom is -0.462 e. The van der Waals surface area contributed by atoms with Crippen molar-refractivity contribution in [3.8, 4) is 0 Å². The van der Waals surface area contributed by atoms with Crippen molar-refractivity contribution in [3.63, 3.8) is 0 Å². The number of aromatic nitrogens is 1.